The fourth-order valence-electron chi connectivity index (χ4n) is 1.28. The van der Waals surface area contributed by atoms with Crippen molar-refractivity contribution < 1.29 is 22.6 Å². The summed E-state index contributed by atoms with van der Waals surface area (Å²) in [6.45, 7) is 1.77. The van der Waals surface area contributed by atoms with Crippen molar-refractivity contribution in [3.63, 3.8) is 0 Å². The highest BCUT2D eigenvalue weighted by Crippen LogP contribution is 2.38. The van der Waals surface area contributed by atoms with Gasteiger partial charge in [0.25, 0.3) is 0 Å². The van der Waals surface area contributed by atoms with Crippen LogP contribution in [0.5, 0.6) is 5.75 Å². The summed E-state index contributed by atoms with van der Waals surface area (Å²) in [6, 6.07) is 2.17. The number of nitrogen functional groups attached to an aromatic ring is 1. The molecule has 0 aliphatic rings. The van der Waals surface area contributed by atoms with Gasteiger partial charge < -0.3 is 15.2 Å². The molecule has 0 heterocycles. The Bertz CT molecular complexity index is 391. The minimum atomic E-state index is -4.46. The van der Waals surface area contributed by atoms with E-state index in [0.717, 1.165) is 6.07 Å². The number of alkyl halides is 3. The van der Waals surface area contributed by atoms with Gasteiger partial charge in [-0.2, -0.15) is 13.2 Å². The number of ether oxygens (including phenoxy) is 2. The van der Waals surface area contributed by atoms with Crippen LogP contribution in [0.1, 0.15) is 11.1 Å². The van der Waals surface area contributed by atoms with Gasteiger partial charge in [0, 0.05) is 18.9 Å². The van der Waals surface area contributed by atoms with E-state index in [0.29, 0.717) is 5.56 Å². The maximum Gasteiger partial charge on any atom is 0.419 e. The largest absolute Gasteiger partial charge is 0.490 e. The Hall–Kier alpha value is -1.43. The number of methoxy groups -OCH3 is 1. The molecule has 0 aliphatic heterocycles. The molecule has 0 fully saturated rings. The molecule has 0 bridgehead atoms. The number of aryl methyl sites for hydroxylation is 1. The third-order valence-electron chi connectivity index (χ3n) is 2.22. The highest BCUT2D eigenvalue weighted by Gasteiger charge is 2.34. The fraction of sp³-hybridized carbons (Fsp3) is 0.455. The zero-order valence-electron chi connectivity index (χ0n) is 9.60. The molecule has 1 aromatic rings. The Balaban J connectivity index is 3.04. The fourth-order valence-corrected chi connectivity index (χ4v) is 1.28. The molecule has 2 N–H and O–H groups in total. The van der Waals surface area contributed by atoms with E-state index in [4.69, 9.17) is 15.2 Å². The van der Waals surface area contributed by atoms with Crippen molar-refractivity contribution in [2.75, 3.05) is 26.1 Å². The van der Waals surface area contributed by atoms with Crippen LogP contribution in [-0.4, -0.2) is 20.3 Å². The Morgan fingerprint density at radius 1 is 1.24 bits per heavy atom. The van der Waals surface area contributed by atoms with Gasteiger partial charge in [-0.3, -0.25) is 0 Å². The molecule has 0 unspecified atom stereocenters. The average Bonchev–Trinajstić information content (AvgIpc) is 2.21. The minimum absolute atomic E-state index is 0.0437. The average molecular weight is 249 g/mol. The molecule has 0 aromatic heterocycles. The van der Waals surface area contributed by atoms with Gasteiger partial charge in [-0.1, -0.05) is 0 Å². The number of hydrogen-bond donors (Lipinski definition) is 1. The second-order valence-corrected chi connectivity index (χ2v) is 3.54. The van der Waals surface area contributed by atoms with Crippen molar-refractivity contribution in [2.24, 2.45) is 0 Å². The summed E-state index contributed by atoms with van der Waals surface area (Å²) in [4.78, 5) is 0. The molecule has 17 heavy (non-hydrogen) atoms. The summed E-state index contributed by atoms with van der Waals surface area (Å²) >= 11 is 0. The quantitative estimate of drug-likeness (QED) is 0.659. The van der Waals surface area contributed by atoms with Crippen LogP contribution in [-0.2, 0) is 10.9 Å². The van der Waals surface area contributed by atoms with E-state index in [2.05, 4.69) is 0 Å². The third-order valence-corrected chi connectivity index (χ3v) is 2.22. The van der Waals surface area contributed by atoms with E-state index in [1.165, 1.54) is 20.1 Å². The number of nitrogens with two attached hydrogens (primary N) is 1. The van der Waals surface area contributed by atoms with Crippen LogP contribution in [0.3, 0.4) is 0 Å². The molecule has 0 atom stereocenters. The van der Waals surface area contributed by atoms with Crippen LogP contribution in [0.4, 0.5) is 18.9 Å². The highest BCUT2D eigenvalue weighted by atomic mass is 19.4. The molecule has 1 aromatic carbocycles. The molecule has 3 nitrogen and oxygen atoms in total. The smallest absolute Gasteiger partial charge is 0.419 e. The molecule has 0 amide bonds. The van der Waals surface area contributed by atoms with Crippen LogP contribution in [0, 0.1) is 6.92 Å². The molecule has 0 aliphatic carbocycles. The summed E-state index contributed by atoms with van der Waals surface area (Å²) in [5.41, 5.74) is 5.38. The first kappa shape index (κ1) is 13.6. The second kappa shape index (κ2) is 5.27. The maximum absolute atomic E-state index is 12.7. The molecular formula is C11H14F3NO2. The molecule has 0 saturated carbocycles. The molecule has 6 heteroatoms. The molecule has 0 radical (unpaired) electrons. The lowest BCUT2D eigenvalue weighted by Gasteiger charge is -2.15. The van der Waals surface area contributed by atoms with Crippen molar-refractivity contribution in [1.29, 1.82) is 0 Å². The second-order valence-electron chi connectivity index (χ2n) is 3.54. The SMILES string of the molecule is COCCOc1cc(N)c(C)cc1C(F)(F)F. The first-order valence-corrected chi connectivity index (χ1v) is 4.95. The Morgan fingerprint density at radius 2 is 1.88 bits per heavy atom. The zero-order chi connectivity index (χ0) is 13.1. The van der Waals surface area contributed by atoms with Gasteiger partial charge in [0.1, 0.15) is 12.4 Å². The lowest BCUT2D eigenvalue weighted by Crippen LogP contribution is -2.12. The van der Waals surface area contributed by atoms with E-state index in [-0.39, 0.29) is 24.7 Å². The topological polar surface area (TPSA) is 44.5 Å². The lowest BCUT2D eigenvalue weighted by molar-refractivity contribution is -0.139. The molecule has 0 spiro atoms. The van der Waals surface area contributed by atoms with Crippen LogP contribution in [0.15, 0.2) is 12.1 Å². The van der Waals surface area contributed by atoms with Crippen molar-refractivity contribution in [2.45, 2.75) is 13.1 Å². The van der Waals surface area contributed by atoms with Crippen molar-refractivity contribution in [1.82, 2.24) is 0 Å². The molecule has 1 rings (SSSR count). The molecule has 96 valence electrons. The Labute approximate surface area is 97.3 Å². The van der Waals surface area contributed by atoms with Crippen molar-refractivity contribution in [3.05, 3.63) is 23.3 Å². The van der Waals surface area contributed by atoms with Gasteiger partial charge in [0.2, 0.25) is 0 Å². The zero-order valence-corrected chi connectivity index (χ0v) is 9.60. The highest BCUT2D eigenvalue weighted by molar-refractivity contribution is 5.55. The summed E-state index contributed by atoms with van der Waals surface area (Å²) in [6.07, 6.45) is -4.46. The summed E-state index contributed by atoms with van der Waals surface area (Å²) < 4.78 is 47.9. The van der Waals surface area contributed by atoms with Crippen LogP contribution in [0.2, 0.25) is 0 Å². The monoisotopic (exact) mass is 249 g/mol. The van der Waals surface area contributed by atoms with E-state index in [1.807, 2.05) is 0 Å². The van der Waals surface area contributed by atoms with Gasteiger partial charge in [-0.05, 0) is 18.6 Å². The van der Waals surface area contributed by atoms with Crippen molar-refractivity contribution in [3.8, 4) is 5.75 Å². The van der Waals surface area contributed by atoms with Crippen LogP contribution in [0.25, 0.3) is 0 Å². The Kier molecular flexibility index (Phi) is 4.22. The predicted octanol–water partition coefficient (Wildman–Crippen LogP) is 2.62. The number of hydrogen-bond acceptors (Lipinski definition) is 3. The lowest BCUT2D eigenvalue weighted by atomic mass is 10.1. The van der Waals surface area contributed by atoms with Crippen LogP contribution < -0.4 is 10.5 Å². The first-order chi connectivity index (χ1) is 7.86. The van der Waals surface area contributed by atoms with E-state index >= 15 is 0 Å². The van der Waals surface area contributed by atoms with E-state index in [9.17, 15) is 13.2 Å². The third kappa shape index (κ3) is 3.52. The number of halogens is 3. The van der Waals surface area contributed by atoms with Gasteiger partial charge in [0.15, 0.2) is 0 Å². The summed E-state index contributed by atoms with van der Waals surface area (Å²) in [7, 11) is 1.44. The number of anilines is 1. The van der Waals surface area contributed by atoms with E-state index in [1.54, 1.807) is 0 Å². The normalized spacial score (nSPS) is 11.6. The molecular weight excluding hydrogens is 235 g/mol. The predicted molar refractivity (Wildman–Crippen MR) is 58.0 cm³/mol. The van der Waals surface area contributed by atoms with E-state index < -0.39 is 11.7 Å². The standard InChI is InChI=1S/C11H14F3NO2/c1-7-5-8(11(12,13)14)10(6-9(7)15)17-4-3-16-2/h5-6H,3-4,15H2,1-2H3. The molecule has 0 saturated heterocycles. The summed E-state index contributed by atoms with van der Waals surface area (Å²) in [5, 5.41) is 0. The Morgan fingerprint density at radius 3 is 2.41 bits per heavy atom. The summed E-state index contributed by atoms with van der Waals surface area (Å²) in [5.74, 6) is -0.266. The van der Waals surface area contributed by atoms with Crippen molar-refractivity contribution >= 4 is 5.69 Å². The number of rotatable bonds is 4. The maximum atomic E-state index is 12.7. The number of benzene rings is 1. The van der Waals surface area contributed by atoms with Gasteiger partial charge in [-0.25, -0.2) is 0 Å². The minimum Gasteiger partial charge on any atom is -0.490 e. The first-order valence-electron chi connectivity index (χ1n) is 4.95. The van der Waals surface area contributed by atoms with Gasteiger partial charge >= 0.3 is 6.18 Å². The van der Waals surface area contributed by atoms with Crippen LogP contribution >= 0.6 is 0 Å². The van der Waals surface area contributed by atoms with Gasteiger partial charge in [-0.15, -0.1) is 0 Å². The van der Waals surface area contributed by atoms with Gasteiger partial charge in [0.05, 0.1) is 12.2 Å².